The molecule has 0 aliphatic heterocycles. The minimum Gasteiger partial charge on any atom is -0.325 e. The molecule has 23 heavy (non-hydrogen) atoms. The van der Waals surface area contributed by atoms with E-state index in [4.69, 9.17) is 11.6 Å². The predicted octanol–water partition coefficient (Wildman–Crippen LogP) is 5.73. The highest BCUT2D eigenvalue weighted by atomic mass is 35.5. The third-order valence-electron chi connectivity index (χ3n) is 2.72. The molecule has 0 fully saturated rings. The molecule has 8 heteroatoms. The topological polar surface area (TPSA) is 53.8 Å². The molecule has 0 spiro atoms. The van der Waals surface area contributed by atoms with Crippen LogP contribution in [0.2, 0.25) is 5.02 Å². The van der Waals surface area contributed by atoms with Gasteiger partial charge in [0.25, 0.3) is 0 Å². The molecule has 0 aliphatic rings. The molecule has 1 amide bonds. The van der Waals surface area contributed by atoms with Gasteiger partial charge in [0, 0.05) is 6.92 Å². The Hall–Kier alpha value is -2.41. The molecule has 0 unspecified atom stereocenters. The van der Waals surface area contributed by atoms with Crippen molar-refractivity contribution in [2.45, 2.75) is 13.1 Å². The summed E-state index contributed by atoms with van der Waals surface area (Å²) in [7, 11) is 0. The highest BCUT2D eigenvalue weighted by Gasteiger charge is 2.30. The van der Waals surface area contributed by atoms with E-state index in [0.29, 0.717) is 11.4 Å². The monoisotopic (exact) mass is 341 g/mol. The number of carbonyl (C=O) groups is 1. The summed E-state index contributed by atoms with van der Waals surface area (Å²) in [5, 5.41) is 10.4. The van der Waals surface area contributed by atoms with Crippen molar-refractivity contribution < 1.29 is 18.0 Å². The minimum atomic E-state index is -4.44. The zero-order valence-corrected chi connectivity index (χ0v) is 12.6. The van der Waals surface area contributed by atoms with Gasteiger partial charge in [0.1, 0.15) is 0 Å². The SMILES string of the molecule is CC(=O)Nc1ccc(N=Nc2cccc(C(F)(F)F)c2)cc1Cl. The van der Waals surface area contributed by atoms with E-state index >= 15 is 0 Å². The second-order valence-electron chi connectivity index (χ2n) is 4.59. The van der Waals surface area contributed by atoms with Gasteiger partial charge >= 0.3 is 6.18 Å². The summed E-state index contributed by atoms with van der Waals surface area (Å²) in [5.41, 5.74) is 0.0357. The normalized spacial score (nSPS) is 11.7. The number of benzene rings is 2. The van der Waals surface area contributed by atoms with Gasteiger partial charge in [0.15, 0.2) is 0 Å². The first-order valence-electron chi connectivity index (χ1n) is 6.42. The maximum Gasteiger partial charge on any atom is 0.416 e. The molecule has 0 saturated carbocycles. The fraction of sp³-hybridized carbons (Fsp3) is 0.133. The number of amides is 1. The Morgan fingerprint density at radius 2 is 1.74 bits per heavy atom. The van der Waals surface area contributed by atoms with Crippen LogP contribution in [0.25, 0.3) is 0 Å². The van der Waals surface area contributed by atoms with Crippen molar-refractivity contribution in [3.8, 4) is 0 Å². The highest BCUT2D eigenvalue weighted by molar-refractivity contribution is 6.34. The van der Waals surface area contributed by atoms with E-state index in [9.17, 15) is 18.0 Å². The van der Waals surface area contributed by atoms with Crippen LogP contribution in [0.15, 0.2) is 52.7 Å². The van der Waals surface area contributed by atoms with Crippen LogP contribution in [-0.2, 0) is 11.0 Å². The standard InChI is InChI=1S/C15H11ClF3N3O/c1-9(23)20-14-6-5-12(8-13(14)16)22-21-11-4-2-3-10(7-11)15(17,18)19/h2-8H,1H3,(H,20,23). The lowest BCUT2D eigenvalue weighted by Crippen LogP contribution is -2.05. The average molecular weight is 342 g/mol. The molecule has 1 N–H and O–H groups in total. The van der Waals surface area contributed by atoms with Crippen LogP contribution in [0.5, 0.6) is 0 Å². The van der Waals surface area contributed by atoms with Gasteiger partial charge in [-0.05, 0) is 36.4 Å². The number of carbonyl (C=O) groups excluding carboxylic acids is 1. The van der Waals surface area contributed by atoms with Gasteiger partial charge in [0.2, 0.25) is 5.91 Å². The number of nitrogens with one attached hydrogen (secondary N) is 1. The summed E-state index contributed by atoms with van der Waals surface area (Å²) < 4.78 is 37.8. The van der Waals surface area contributed by atoms with Gasteiger partial charge in [0.05, 0.1) is 27.6 Å². The maximum atomic E-state index is 12.6. The Labute approximate surface area is 135 Å². The Morgan fingerprint density at radius 1 is 1.09 bits per heavy atom. The quantitative estimate of drug-likeness (QED) is 0.712. The lowest BCUT2D eigenvalue weighted by Gasteiger charge is -2.06. The van der Waals surface area contributed by atoms with Gasteiger partial charge in [-0.15, -0.1) is 0 Å². The van der Waals surface area contributed by atoms with E-state index in [0.717, 1.165) is 12.1 Å². The van der Waals surface area contributed by atoms with Crippen LogP contribution in [-0.4, -0.2) is 5.91 Å². The predicted molar refractivity (Wildman–Crippen MR) is 81.4 cm³/mol. The Balaban J connectivity index is 2.20. The summed E-state index contributed by atoms with van der Waals surface area (Å²) in [4.78, 5) is 11.0. The lowest BCUT2D eigenvalue weighted by atomic mass is 10.2. The summed E-state index contributed by atoms with van der Waals surface area (Å²) >= 11 is 5.98. The van der Waals surface area contributed by atoms with Crippen LogP contribution in [0, 0.1) is 0 Å². The molecular formula is C15H11ClF3N3O. The number of halogens is 4. The fourth-order valence-electron chi connectivity index (χ4n) is 1.72. The molecular weight excluding hydrogens is 331 g/mol. The van der Waals surface area contributed by atoms with Crippen molar-refractivity contribution >= 4 is 34.6 Å². The molecule has 0 aromatic heterocycles. The summed E-state index contributed by atoms with van der Waals surface area (Å²) in [6, 6.07) is 9.04. The van der Waals surface area contributed by atoms with Crippen molar-refractivity contribution in [3.05, 3.63) is 53.1 Å². The molecule has 0 bridgehead atoms. The molecule has 0 aliphatic carbocycles. The fourth-order valence-corrected chi connectivity index (χ4v) is 1.94. The molecule has 0 saturated heterocycles. The lowest BCUT2D eigenvalue weighted by molar-refractivity contribution is -0.137. The summed E-state index contributed by atoms with van der Waals surface area (Å²) in [5.74, 6) is -0.273. The van der Waals surface area contributed by atoms with Gasteiger partial charge < -0.3 is 5.32 Å². The molecule has 120 valence electrons. The van der Waals surface area contributed by atoms with E-state index in [2.05, 4.69) is 15.5 Å². The van der Waals surface area contributed by atoms with E-state index in [1.54, 1.807) is 0 Å². The Bertz CT molecular complexity index is 760. The van der Waals surface area contributed by atoms with E-state index in [1.165, 1.54) is 37.3 Å². The number of hydrogen-bond donors (Lipinski definition) is 1. The maximum absolute atomic E-state index is 12.6. The summed E-state index contributed by atoms with van der Waals surface area (Å²) in [6.07, 6.45) is -4.44. The second kappa shape index (κ2) is 6.78. The number of rotatable bonds is 3. The van der Waals surface area contributed by atoms with Gasteiger partial charge in [-0.2, -0.15) is 23.4 Å². The number of nitrogens with zero attached hydrogens (tertiary/aromatic N) is 2. The first-order valence-corrected chi connectivity index (χ1v) is 6.79. The Morgan fingerprint density at radius 3 is 2.30 bits per heavy atom. The van der Waals surface area contributed by atoms with Gasteiger partial charge in [-0.25, -0.2) is 0 Å². The van der Waals surface area contributed by atoms with Gasteiger partial charge in [-0.1, -0.05) is 17.7 Å². The highest BCUT2D eigenvalue weighted by Crippen LogP contribution is 2.32. The van der Waals surface area contributed by atoms with Crippen LogP contribution in [0.3, 0.4) is 0 Å². The molecule has 2 rings (SSSR count). The van der Waals surface area contributed by atoms with E-state index in [1.807, 2.05) is 0 Å². The molecule has 0 heterocycles. The largest absolute Gasteiger partial charge is 0.416 e. The second-order valence-corrected chi connectivity index (χ2v) is 5.00. The first kappa shape index (κ1) is 17.0. The van der Waals surface area contributed by atoms with Crippen molar-refractivity contribution in [2.75, 3.05) is 5.32 Å². The Kier molecular flexibility index (Phi) is 5.00. The molecule has 0 atom stereocenters. The minimum absolute atomic E-state index is 0.0712. The number of azo groups is 1. The number of anilines is 1. The van der Waals surface area contributed by atoms with Crippen molar-refractivity contribution in [1.29, 1.82) is 0 Å². The molecule has 4 nitrogen and oxygen atoms in total. The summed E-state index contributed by atoms with van der Waals surface area (Å²) in [6.45, 7) is 1.34. The van der Waals surface area contributed by atoms with E-state index in [-0.39, 0.29) is 16.6 Å². The average Bonchev–Trinajstić information content (AvgIpc) is 2.47. The third kappa shape index (κ3) is 4.79. The zero-order chi connectivity index (χ0) is 17.0. The van der Waals surface area contributed by atoms with Crippen molar-refractivity contribution in [3.63, 3.8) is 0 Å². The van der Waals surface area contributed by atoms with Crippen molar-refractivity contribution in [1.82, 2.24) is 0 Å². The van der Waals surface area contributed by atoms with Crippen molar-refractivity contribution in [2.24, 2.45) is 10.2 Å². The van der Waals surface area contributed by atoms with Crippen LogP contribution in [0.1, 0.15) is 12.5 Å². The van der Waals surface area contributed by atoms with E-state index < -0.39 is 11.7 Å². The third-order valence-corrected chi connectivity index (χ3v) is 3.03. The molecule has 0 radical (unpaired) electrons. The van der Waals surface area contributed by atoms with Crippen LogP contribution >= 0.6 is 11.6 Å². The van der Waals surface area contributed by atoms with Crippen LogP contribution < -0.4 is 5.32 Å². The molecule has 2 aromatic rings. The number of hydrogen-bond acceptors (Lipinski definition) is 3. The first-order chi connectivity index (χ1) is 10.8. The van der Waals surface area contributed by atoms with Crippen LogP contribution in [0.4, 0.5) is 30.2 Å². The number of alkyl halides is 3. The smallest absolute Gasteiger partial charge is 0.325 e. The molecule has 2 aromatic carbocycles. The zero-order valence-electron chi connectivity index (χ0n) is 11.9. The van der Waals surface area contributed by atoms with Gasteiger partial charge in [-0.3, -0.25) is 4.79 Å².